The van der Waals surface area contributed by atoms with E-state index in [4.69, 9.17) is 0 Å². The van der Waals surface area contributed by atoms with E-state index >= 15 is 0 Å². The maximum absolute atomic E-state index is 10.4. The molecule has 2 heteroatoms. The summed E-state index contributed by atoms with van der Waals surface area (Å²) in [6.45, 7) is 4.40. The molecule has 0 aromatic heterocycles. The topological polar surface area (TPSA) is 17.1 Å². The van der Waals surface area contributed by atoms with Gasteiger partial charge in [-0.15, -0.1) is 11.8 Å². The van der Waals surface area contributed by atoms with Crippen molar-refractivity contribution in [2.75, 3.05) is 5.75 Å². The van der Waals surface area contributed by atoms with E-state index in [0.717, 1.165) is 17.6 Å². The zero-order chi connectivity index (χ0) is 9.68. The first-order chi connectivity index (χ1) is 6.22. The second kappa shape index (κ2) is 5.07. The van der Waals surface area contributed by atoms with E-state index in [-0.39, 0.29) is 0 Å². The first-order valence-electron chi connectivity index (χ1n) is 4.40. The molecule has 0 heterocycles. The largest absolute Gasteiger partial charge is 0.298 e. The minimum absolute atomic E-state index is 0.704. The minimum Gasteiger partial charge on any atom is -0.298 e. The van der Waals surface area contributed by atoms with Crippen molar-refractivity contribution in [2.45, 2.75) is 18.7 Å². The summed E-state index contributed by atoms with van der Waals surface area (Å²) in [4.78, 5) is 11.6. The first kappa shape index (κ1) is 10.3. The lowest BCUT2D eigenvalue weighted by molar-refractivity contribution is 0.112. The fourth-order valence-electron chi connectivity index (χ4n) is 0.906. The molecule has 0 atom stereocenters. The lowest BCUT2D eigenvalue weighted by Crippen LogP contribution is -1.89. The van der Waals surface area contributed by atoms with Crippen LogP contribution in [0.1, 0.15) is 24.2 Å². The Morgan fingerprint density at radius 3 is 2.38 bits per heavy atom. The molecule has 0 spiro atoms. The van der Waals surface area contributed by atoms with Crippen molar-refractivity contribution in [1.82, 2.24) is 0 Å². The third-order valence-electron chi connectivity index (χ3n) is 1.60. The molecule has 70 valence electrons. The lowest BCUT2D eigenvalue weighted by atomic mass is 10.2. The van der Waals surface area contributed by atoms with Gasteiger partial charge in [0.2, 0.25) is 0 Å². The number of aldehydes is 1. The summed E-state index contributed by atoms with van der Waals surface area (Å²) < 4.78 is 0. The lowest BCUT2D eigenvalue weighted by Gasteiger charge is -2.03. The molecule has 0 saturated heterocycles. The molecule has 0 fully saturated rings. The van der Waals surface area contributed by atoms with Gasteiger partial charge in [0.1, 0.15) is 6.29 Å². The molecule has 0 unspecified atom stereocenters. The van der Waals surface area contributed by atoms with Crippen LogP contribution in [-0.2, 0) is 0 Å². The van der Waals surface area contributed by atoms with E-state index in [1.807, 2.05) is 36.0 Å². The molecule has 0 aliphatic carbocycles. The maximum atomic E-state index is 10.4. The zero-order valence-corrected chi connectivity index (χ0v) is 8.80. The van der Waals surface area contributed by atoms with Gasteiger partial charge in [0.25, 0.3) is 0 Å². The number of hydrogen-bond acceptors (Lipinski definition) is 2. The third kappa shape index (κ3) is 3.64. The van der Waals surface area contributed by atoms with Crippen LogP contribution < -0.4 is 0 Å². The van der Waals surface area contributed by atoms with Crippen molar-refractivity contribution in [2.24, 2.45) is 5.92 Å². The van der Waals surface area contributed by atoms with Crippen molar-refractivity contribution >= 4 is 18.0 Å². The fourth-order valence-corrected chi connectivity index (χ4v) is 1.76. The summed E-state index contributed by atoms with van der Waals surface area (Å²) in [5.41, 5.74) is 0.744. The molecule has 1 rings (SSSR count). The fraction of sp³-hybridized carbons (Fsp3) is 0.364. The highest BCUT2D eigenvalue weighted by Gasteiger charge is 1.97. The van der Waals surface area contributed by atoms with Gasteiger partial charge in [-0.3, -0.25) is 4.79 Å². The summed E-state index contributed by atoms with van der Waals surface area (Å²) in [5.74, 6) is 1.83. The van der Waals surface area contributed by atoms with E-state index in [2.05, 4.69) is 13.8 Å². The highest BCUT2D eigenvalue weighted by Crippen LogP contribution is 2.20. The molecular weight excluding hydrogens is 180 g/mol. The standard InChI is InChI=1S/C11H14OS/c1-9(2)8-13-11-5-3-10(7-12)4-6-11/h3-7,9H,8H2,1-2H3. The van der Waals surface area contributed by atoms with Gasteiger partial charge in [0, 0.05) is 16.2 Å². The van der Waals surface area contributed by atoms with Crippen LogP contribution in [0.15, 0.2) is 29.2 Å². The van der Waals surface area contributed by atoms with Gasteiger partial charge in [-0.2, -0.15) is 0 Å². The second-order valence-electron chi connectivity index (χ2n) is 3.39. The van der Waals surface area contributed by atoms with Gasteiger partial charge in [-0.25, -0.2) is 0 Å². The molecule has 0 amide bonds. The number of thioether (sulfide) groups is 1. The Bertz CT molecular complexity index is 264. The smallest absolute Gasteiger partial charge is 0.150 e. The van der Waals surface area contributed by atoms with E-state index in [9.17, 15) is 4.79 Å². The van der Waals surface area contributed by atoms with Gasteiger partial charge in [-0.1, -0.05) is 26.0 Å². The van der Waals surface area contributed by atoms with Gasteiger partial charge in [0.15, 0.2) is 0 Å². The van der Waals surface area contributed by atoms with Crippen molar-refractivity contribution in [1.29, 1.82) is 0 Å². The Labute approximate surface area is 83.5 Å². The quantitative estimate of drug-likeness (QED) is 0.540. The van der Waals surface area contributed by atoms with Crippen molar-refractivity contribution in [3.63, 3.8) is 0 Å². The molecular formula is C11H14OS. The average Bonchev–Trinajstić information content (AvgIpc) is 2.15. The molecule has 1 aromatic carbocycles. The molecule has 1 aromatic rings. The van der Waals surface area contributed by atoms with Crippen LogP contribution in [0.5, 0.6) is 0 Å². The number of hydrogen-bond donors (Lipinski definition) is 0. The third-order valence-corrected chi connectivity index (χ3v) is 3.04. The molecule has 13 heavy (non-hydrogen) atoms. The van der Waals surface area contributed by atoms with E-state index < -0.39 is 0 Å². The van der Waals surface area contributed by atoms with Gasteiger partial charge >= 0.3 is 0 Å². The number of carbonyl (C=O) groups excluding carboxylic acids is 1. The SMILES string of the molecule is CC(C)CSc1ccc(C=O)cc1. The predicted molar refractivity (Wildman–Crippen MR) is 57.4 cm³/mol. The van der Waals surface area contributed by atoms with Crippen LogP contribution in [0.4, 0.5) is 0 Å². The predicted octanol–water partition coefficient (Wildman–Crippen LogP) is 3.25. The summed E-state index contributed by atoms with van der Waals surface area (Å²) in [6.07, 6.45) is 0.872. The molecule has 0 saturated carbocycles. The summed E-state index contributed by atoms with van der Waals surface area (Å²) in [5, 5.41) is 0. The normalized spacial score (nSPS) is 10.4. The van der Waals surface area contributed by atoms with E-state index in [1.165, 1.54) is 4.90 Å². The number of rotatable bonds is 4. The summed E-state index contributed by atoms with van der Waals surface area (Å²) in [7, 11) is 0. The Balaban J connectivity index is 2.54. The van der Waals surface area contributed by atoms with Crippen molar-refractivity contribution < 1.29 is 4.79 Å². The molecule has 0 N–H and O–H groups in total. The Hall–Kier alpha value is -0.760. The summed E-state index contributed by atoms with van der Waals surface area (Å²) in [6, 6.07) is 7.71. The van der Waals surface area contributed by atoms with Crippen molar-refractivity contribution in [3.8, 4) is 0 Å². The highest BCUT2D eigenvalue weighted by molar-refractivity contribution is 7.99. The highest BCUT2D eigenvalue weighted by atomic mass is 32.2. The average molecular weight is 194 g/mol. The molecule has 0 radical (unpaired) electrons. The number of carbonyl (C=O) groups is 1. The maximum Gasteiger partial charge on any atom is 0.150 e. The Kier molecular flexibility index (Phi) is 4.03. The van der Waals surface area contributed by atoms with Gasteiger partial charge in [0.05, 0.1) is 0 Å². The molecule has 0 bridgehead atoms. The van der Waals surface area contributed by atoms with Crippen LogP contribution in [0.3, 0.4) is 0 Å². The van der Waals surface area contributed by atoms with Crippen LogP contribution in [-0.4, -0.2) is 12.0 Å². The second-order valence-corrected chi connectivity index (χ2v) is 4.49. The van der Waals surface area contributed by atoms with Crippen LogP contribution in [0.25, 0.3) is 0 Å². The van der Waals surface area contributed by atoms with Gasteiger partial charge in [-0.05, 0) is 18.1 Å². The Morgan fingerprint density at radius 1 is 1.31 bits per heavy atom. The minimum atomic E-state index is 0.704. The number of benzene rings is 1. The zero-order valence-electron chi connectivity index (χ0n) is 7.99. The van der Waals surface area contributed by atoms with Crippen LogP contribution in [0.2, 0.25) is 0 Å². The monoisotopic (exact) mass is 194 g/mol. The van der Waals surface area contributed by atoms with Crippen LogP contribution in [0, 0.1) is 5.92 Å². The molecule has 0 aliphatic rings. The van der Waals surface area contributed by atoms with Crippen LogP contribution >= 0.6 is 11.8 Å². The Morgan fingerprint density at radius 2 is 1.92 bits per heavy atom. The summed E-state index contributed by atoms with van der Waals surface area (Å²) >= 11 is 1.83. The first-order valence-corrected chi connectivity index (χ1v) is 5.39. The van der Waals surface area contributed by atoms with E-state index in [0.29, 0.717) is 5.92 Å². The molecule has 1 nitrogen and oxygen atoms in total. The van der Waals surface area contributed by atoms with Crippen molar-refractivity contribution in [3.05, 3.63) is 29.8 Å². The van der Waals surface area contributed by atoms with Gasteiger partial charge < -0.3 is 0 Å². The van der Waals surface area contributed by atoms with E-state index in [1.54, 1.807) is 0 Å². The molecule has 0 aliphatic heterocycles.